The number of benzene rings is 1. The number of hydrogen-bond acceptors (Lipinski definition) is 5. The molecule has 1 heterocycles. The van der Waals surface area contributed by atoms with Crippen molar-refractivity contribution in [3.63, 3.8) is 0 Å². The molecule has 0 amide bonds. The fraction of sp³-hybridized carbons (Fsp3) is 0.357. The molecule has 2 aromatic rings. The van der Waals surface area contributed by atoms with Crippen LogP contribution in [0.3, 0.4) is 0 Å². The van der Waals surface area contributed by atoms with Gasteiger partial charge >= 0.3 is 0 Å². The topological polar surface area (TPSA) is 59.1 Å². The minimum Gasteiger partial charge on any atom is -0.380 e. The van der Waals surface area contributed by atoms with E-state index >= 15 is 0 Å². The van der Waals surface area contributed by atoms with Gasteiger partial charge in [-0.05, 0) is 31.0 Å². The molecule has 108 valence electrons. The zero-order valence-electron chi connectivity index (χ0n) is 11.8. The lowest BCUT2D eigenvalue weighted by Gasteiger charge is -2.10. The van der Waals surface area contributed by atoms with Crippen LogP contribution in [0.4, 0.5) is 5.69 Å². The van der Waals surface area contributed by atoms with Crippen LogP contribution in [0.2, 0.25) is 0 Å². The van der Waals surface area contributed by atoms with E-state index in [4.69, 9.17) is 0 Å². The molecule has 0 spiro atoms. The standard InChI is InChI=1S/C14H18N2O2S2/c1-4-14-16-9-11(19-14)8-15-13-7-12(20(3,17)18)6-5-10(13)2/h5-7,9,15H,4,8H2,1-3H3. The van der Waals surface area contributed by atoms with Crippen molar-refractivity contribution >= 4 is 26.9 Å². The van der Waals surface area contributed by atoms with Gasteiger partial charge in [0.05, 0.1) is 16.4 Å². The molecule has 1 N–H and O–H groups in total. The first-order valence-corrected chi connectivity index (χ1v) is 9.09. The van der Waals surface area contributed by atoms with Crippen LogP contribution in [-0.4, -0.2) is 19.7 Å². The van der Waals surface area contributed by atoms with E-state index in [1.165, 1.54) is 6.26 Å². The Kier molecular flexibility index (Phi) is 4.45. The summed E-state index contributed by atoms with van der Waals surface area (Å²) >= 11 is 1.68. The highest BCUT2D eigenvalue weighted by atomic mass is 32.2. The zero-order valence-corrected chi connectivity index (χ0v) is 13.4. The number of nitrogens with zero attached hydrogens (tertiary/aromatic N) is 1. The molecule has 20 heavy (non-hydrogen) atoms. The van der Waals surface area contributed by atoms with Gasteiger partial charge in [0, 0.05) is 23.0 Å². The van der Waals surface area contributed by atoms with Crippen molar-refractivity contribution in [1.82, 2.24) is 4.98 Å². The molecule has 0 bridgehead atoms. The smallest absolute Gasteiger partial charge is 0.175 e. The first-order valence-electron chi connectivity index (χ1n) is 6.38. The second-order valence-corrected chi connectivity index (χ2v) is 7.89. The maximum atomic E-state index is 11.6. The van der Waals surface area contributed by atoms with Crippen LogP contribution in [0, 0.1) is 6.92 Å². The predicted molar refractivity (Wildman–Crippen MR) is 83.1 cm³/mol. The van der Waals surface area contributed by atoms with Crippen molar-refractivity contribution in [2.24, 2.45) is 0 Å². The largest absolute Gasteiger partial charge is 0.380 e. The lowest BCUT2D eigenvalue weighted by molar-refractivity contribution is 0.602. The second kappa shape index (κ2) is 5.93. The third-order valence-electron chi connectivity index (χ3n) is 2.99. The highest BCUT2D eigenvalue weighted by molar-refractivity contribution is 7.90. The van der Waals surface area contributed by atoms with Gasteiger partial charge in [-0.1, -0.05) is 13.0 Å². The van der Waals surface area contributed by atoms with Crippen molar-refractivity contribution in [3.05, 3.63) is 39.8 Å². The number of sulfone groups is 1. The van der Waals surface area contributed by atoms with E-state index in [0.29, 0.717) is 11.4 Å². The van der Waals surface area contributed by atoms with Crippen LogP contribution >= 0.6 is 11.3 Å². The number of nitrogens with one attached hydrogen (secondary N) is 1. The van der Waals surface area contributed by atoms with Crippen LogP contribution < -0.4 is 5.32 Å². The third-order valence-corrected chi connectivity index (χ3v) is 5.25. The molecule has 0 fully saturated rings. The lowest BCUT2D eigenvalue weighted by atomic mass is 10.2. The van der Waals surface area contributed by atoms with Crippen LogP contribution in [0.5, 0.6) is 0 Å². The van der Waals surface area contributed by atoms with Crippen LogP contribution in [0.25, 0.3) is 0 Å². The van der Waals surface area contributed by atoms with Gasteiger partial charge in [0.2, 0.25) is 0 Å². The Morgan fingerprint density at radius 1 is 1.35 bits per heavy atom. The molecule has 1 aromatic heterocycles. The fourth-order valence-electron chi connectivity index (χ4n) is 1.80. The number of aryl methyl sites for hydroxylation is 2. The van der Waals surface area contributed by atoms with Crippen molar-refractivity contribution < 1.29 is 8.42 Å². The number of aromatic nitrogens is 1. The van der Waals surface area contributed by atoms with Gasteiger partial charge in [-0.3, -0.25) is 0 Å². The molecule has 0 aliphatic rings. The monoisotopic (exact) mass is 310 g/mol. The van der Waals surface area contributed by atoms with Crippen LogP contribution in [-0.2, 0) is 22.8 Å². The quantitative estimate of drug-likeness (QED) is 0.922. The molecule has 0 saturated heterocycles. The molecule has 0 saturated carbocycles. The molecular weight excluding hydrogens is 292 g/mol. The maximum absolute atomic E-state index is 11.6. The minimum atomic E-state index is -3.17. The second-order valence-electron chi connectivity index (χ2n) is 4.68. The summed E-state index contributed by atoms with van der Waals surface area (Å²) in [5.41, 5.74) is 1.87. The lowest BCUT2D eigenvalue weighted by Crippen LogP contribution is -2.03. The molecule has 0 radical (unpaired) electrons. The van der Waals surface area contributed by atoms with E-state index in [1.54, 1.807) is 23.5 Å². The van der Waals surface area contributed by atoms with Crippen molar-refractivity contribution in [2.75, 3.05) is 11.6 Å². The summed E-state index contributed by atoms with van der Waals surface area (Å²) in [6.07, 6.45) is 4.03. The Bertz CT molecular complexity index is 706. The molecule has 0 aliphatic carbocycles. The molecule has 0 atom stereocenters. The van der Waals surface area contributed by atoms with E-state index in [2.05, 4.69) is 17.2 Å². The Morgan fingerprint density at radius 3 is 2.70 bits per heavy atom. The number of rotatable bonds is 5. The summed E-state index contributed by atoms with van der Waals surface area (Å²) in [4.78, 5) is 5.79. The summed E-state index contributed by atoms with van der Waals surface area (Å²) in [5, 5.41) is 4.40. The Morgan fingerprint density at radius 2 is 2.10 bits per heavy atom. The van der Waals surface area contributed by atoms with E-state index in [9.17, 15) is 8.42 Å². The van der Waals surface area contributed by atoms with Gasteiger partial charge < -0.3 is 5.32 Å². The summed E-state index contributed by atoms with van der Waals surface area (Å²) in [7, 11) is -3.17. The molecule has 2 rings (SSSR count). The Hall–Kier alpha value is -1.40. The highest BCUT2D eigenvalue weighted by Crippen LogP contribution is 2.22. The Balaban J connectivity index is 2.16. The van der Waals surface area contributed by atoms with Gasteiger partial charge in [0.1, 0.15) is 0 Å². The van der Waals surface area contributed by atoms with Gasteiger partial charge in [0.15, 0.2) is 9.84 Å². The molecule has 4 nitrogen and oxygen atoms in total. The maximum Gasteiger partial charge on any atom is 0.175 e. The first-order chi connectivity index (χ1) is 9.40. The molecule has 1 aromatic carbocycles. The fourth-order valence-corrected chi connectivity index (χ4v) is 3.25. The number of anilines is 1. The van der Waals surface area contributed by atoms with Crippen LogP contribution in [0.15, 0.2) is 29.3 Å². The van der Waals surface area contributed by atoms with E-state index < -0.39 is 9.84 Å². The zero-order chi connectivity index (χ0) is 14.8. The minimum absolute atomic E-state index is 0.337. The van der Waals surface area contributed by atoms with Crippen molar-refractivity contribution in [3.8, 4) is 0 Å². The summed E-state index contributed by atoms with van der Waals surface area (Å²) < 4.78 is 23.2. The van der Waals surface area contributed by atoms with Crippen LogP contribution in [0.1, 0.15) is 22.4 Å². The molecular formula is C14H18N2O2S2. The normalized spacial score (nSPS) is 11.6. The predicted octanol–water partition coefficient (Wildman–Crippen LogP) is 3.03. The van der Waals surface area contributed by atoms with Gasteiger partial charge in [-0.15, -0.1) is 11.3 Å². The van der Waals surface area contributed by atoms with Gasteiger partial charge in [-0.25, -0.2) is 13.4 Å². The first kappa shape index (κ1) is 15.0. The summed E-state index contributed by atoms with van der Waals surface area (Å²) in [6.45, 7) is 4.69. The Labute approximate surface area is 123 Å². The molecule has 6 heteroatoms. The van der Waals surface area contributed by atoms with Crippen molar-refractivity contribution in [2.45, 2.75) is 31.7 Å². The third kappa shape index (κ3) is 3.58. The number of thiazole rings is 1. The van der Waals surface area contributed by atoms with E-state index in [1.807, 2.05) is 19.2 Å². The SMILES string of the molecule is CCc1ncc(CNc2cc(S(C)(=O)=O)ccc2C)s1. The highest BCUT2D eigenvalue weighted by Gasteiger charge is 2.09. The van der Waals surface area contributed by atoms with Gasteiger partial charge in [-0.2, -0.15) is 0 Å². The molecule has 0 unspecified atom stereocenters. The van der Waals surface area contributed by atoms with E-state index in [0.717, 1.165) is 27.6 Å². The molecule has 0 aliphatic heterocycles. The number of hydrogen-bond donors (Lipinski definition) is 1. The summed E-state index contributed by atoms with van der Waals surface area (Å²) in [5.74, 6) is 0. The summed E-state index contributed by atoms with van der Waals surface area (Å²) in [6, 6.07) is 5.15. The van der Waals surface area contributed by atoms with E-state index in [-0.39, 0.29) is 0 Å². The average Bonchev–Trinajstić information content (AvgIpc) is 2.84. The average molecular weight is 310 g/mol. The van der Waals surface area contributed by atoms with Crippen molar-refractivity contribution in [1.29, 1.82) is 0 Å². The van der Waals surface area contributed by atoms with Gasteiger partial charge in [0.25, 0.3) is 0 Å².